The second kappa shape index (κ2) is 5.75. The lowest BCUT2D eigenvalue weighted by molar-refractivity contribution is -0.117. The van der Waals surface area contributed by atoms with Crippen LogP contribution < -0.4 is 9.64 Å². The lowest BCUT2D eigenvalue weighted by Crippen LogP contribution is -2.27. The molecule has 0 aromatic heterocycles. The summed E-state index contributed by atoms with van der Waals surface area (Å²) in [5.41, 5.74) is 7.86. The molecule has 1 heterocycles. The summed E-state index contributed by atoms with van der Waals surface area (Å²) in [6.45, 7) is 0.246. The molecule has 0 bridgehead atoms. The van der Waals surface area contributed by atoms with Crippen molar-refractivity contribution in [3.63, 3.8) is 0 Å². The van der Waals surface area contributed by atoms with Crippen molar-refractivity contribution in [3.05, 3.63) is 34.2 Å². The molecular weight excluding hydrogens is 270 g/mol. The molecule has 0 aliphatic carbocycles. The number of carbonyl (C=O) groups is 1. The van der Waals surface area contributed by atoms with E-state index < -0.39 is 17.5 Å². The summed E-state index contributed by atoms with van der Waals surface area (Å²) < 4.78 is 32.6. The van der Waals surface area contributed by atoms with E-state index in [1.165, 1.54) is 7.11 Å². The molecule has 0 radical (unpaired) electrons. The molecule has 8 heteroatoms. The number of amides is 1. The van der Waals surface area contributed by atoms with E-state index in [2.05, 4.69) is 10.0 Å². The smallest absolute Gasteiger partial charge is 0.227 e. The van der Waals surface area contributed by atoms with Crippen molar-refractivity contribution < 1.29 is 18.3 Å². The predicted molar refractivity (Wildman–Crippen MR) is 67.4 cm³/mol. The van der Waals surface area contributed by atoms with Crippen LogP contribution in [0.3, 0.4) is 0 Å². The van der Waals surface area contributed by atoms with Crippen LogP contribution in [0.25, 0.3) is 10.4 Å². The Hall–Kier alpha value is -2.34. The number of nitrogens with zero attached hydrogens (tertiary/aromatic N) is 4. The molecule has 2 rings (SSSR count). The fraction of sp³-hybridized carbons (Fsp3) is 0.417. The van der Waals surface area contributed by atoms with Crippen molar-refractivity contribution in [1.29, 1.82) is 0 Å². The SMILES string of the molecule is COc1cc(F)c(N2CC(CN=[N+]=[N-])CC2=O)c(F)c1. The van der Waals surface area contributed by atoms with Crippen LogP contribution in [0.1, 0.15) is 6.42 Å². The van der Waals surface area contributed by atoms with Crippen molar-refractivity contribution >= 4 is 11.6 Å². The van der Waals surface area contributed by atoms with Crippen molar-refractivity contribution in [1.82, 2.24) is 0 Å². The number of hydrogen-bond acceptors (Lipinski definition) is 3. The van der Waals surface area contributed by atoms with Gasteiger partial charge in [0.2, 0.25) is 5.91 Å². The van der Waals surface area contributed by atoms with Crippen LogP contribution in [-0.2, 0) is 4.79 Å². The normalized spacial score (nSPS) is 18.1. The first-order valence-electron chi connectivity index (χ1n) is 5.91. The zero-order chi connectivity index (χ0) is 14.7. The van der Waals surface area contributed by atoms with Crippen LogP contribution in [0.4, 0.5) is 14.5 Å². The van der Waals surface area contributed by atoms with Gasteiger partial charge < -0.3 is 9.64 Å². The summed E-state index contributed by atoms with van der Waals surface area (Å²) in [7, 11) is 1.30. The Bertz CT molecular complexity index is 564. The minimum atomic E-state index is -0.861. The Morgan fingerprint density at radius 2 is 2.15 bits per heavy atom. The summed E-state index contributed by atoms with van der Waals surface area (Å²) in [4.78, 5) is 15.5. The third-order valence-corrected chi connectivity index (χ3v) is 3.10. The molecule has 20 heavy (non-hydrogen) atoms. The topological polar surface area (TPSA) is 78.3 Å². The maximum atomic E-state index is 13.9. The summed E-state index contributed by atoms with van der Waals surface area (Å²) in [5.74, 6) is -2.31. The number of azide groups is 1. The van der Waals surface area contributed by atoms with Crippen LogP contribution in [-0.4, -0.2) is 26.1 Å². The quantitative estimate of drug-likeness (QED) is 0.483. The molecule has 1 aliphatic heterocycles. The summed E-state index contributed by atoms with van der Waals surface area (Å²) in [6, 6.07) is 2.04. The van der Waals surface area contributed by atoms with Crippen LogP contribution >= 0.6 is 0 Å². The number of methoxy groups -OCH3 is 1. The number of benzene rings is 1. The van der Waals surface area contributed by atoms with E-state index in [1.807, 2.05) is 0 Å². The van der Waals surface area contributed by atoms with Crippen molar-refractivity contribution in [2.24, 2.45) is 11.0 Å². The van der Waals surface area contributed by atoms with Crippen LogP contribution in [0.5, 0.6) is 5.75 Å². The molecule has 0 spiro atoms. The largest absolute Gasteiger partial charge is 0.497 e. The minimum Gasteiger partial charge on any atom is -0.497 e. The van der Waals surface area contributed by atoms with Gasteiger partial charge in [0.05, 0.1) is 7.11 Å². The molecule has 1 amide bonds. The highest BCUT2D eigenvalue weighted by Crippen LogP contribution is 2.32. The number of anilines is 1. The maximum Gasteiger partial charge on any atom is 0.227 e. The van der Waals surface area contributed by atoms with E-state index in [0.717, 1.165) is 17.0 Å². The predicted octanol–water partition coefficient (Wildman–Crippen LogP) is 2.64. The zero-order valence-electron chi connectivity index (χ0n) is 10.7. The van der Waals surface area contributed by atoms with Gasteiger partial charge in [0.25, 0.3) is 0 Å². The molecule has 1 atom stereocenters. The van der Waals surface area contributed by atoms with E-state index >= 15 is 0 Å². The fourth-order valence-electron chi connectivity index (χ4n) is 2.19. The molecule has 1 aliphatic rings. The van der Waals surface area contributed by atoms with E-state index in [9.17, 15) is 13.6 Å². The lowest BCUT2D eigenvalue weighted by atomic mass is 10.1. The van der Waals surface area contributed by atoms with Gasteiger partial charge in [0.1, 0.15) is 11.4 Å². The number of rotatable bonds is 4. The van der Waals surface area contributed by atoms with E-state index in [-0.39, 0.29) is 36.9 Å². The molecule has 1 saturated heterocycles. The number of carbonyl (C=O) groups excluding carboxylic acids is 1. The molecule has 1 fully saturated rings. The zero-order valence-corrected chi connectivity index (χ0v) is 10.7. The molecule has 0 saturated carbocycles. The monoisotopic (exact) mass is 282 g/mol. The molecule has 1 aromatic carbocycles. The maximum absolute atomic E-state index is 13.9. The van der Waals surface area contributed by atoms with Gasteiger partial charge in [-0.1, -0.05) is 5.11 Å². The first-order valence-corrected chi connectivity index (χ1v) is 5.91. The van der Waals surface area contributed by atoms with E-state index in [0.29, 0.717) is 0 Å². The number of hydrogen-bond donors (Lipinski definition) is 0. The van der Waals surface area contributed by atoms with Gasteiger partial charge in [-0.3, -0.25) is 4.79 Å². The van der Waals surface area contributed by atoms with Gasteiger partial charge in [-0.05, 0) is 11.4 Å². The molecular formula is C12H12F2N4O2. The molecule has 106 valence electrons. The summed E-state index contributed by atoms with van der Waals surface area (Å²) >= 11 is 0. The van der Waals surface area contributed by atoms with Gasteiger partial charge in [0.15, 0.2) is 11.6 Å². The van der Waals surface area contributed by atoms with E-state index in [4.69, 9.17) is 10.3 Å². The summed E-state index contributed by atoms with van der Waals surface area (Å²) in [5, 5.41) is 3.38. The number of halogens is 2. The van der Waals surface area contributed by atoms with Gasteiger partial charge in [0, 0.05) is 36.6 Å². The fourth-order valence-corrected chi connectivity index (χ4v) is 2.19. The van der Waals surface area contributed by atoms with Gasteiger partial charge in [-0.25, -0.2) is 8.78 Å². The average molecular weight is 282 g/mol. The first kappa shape index (κ1) is 14.1. The second-order valence-electron chi connectivity index (χ2n) is 4.43. The highest BCUT2D eigenvalue weighted by atomic mass is 19.1. The Kier molecular flexibility index (Phi) is 4.05. The van der Waals surface area contributed by atoms with Crippen molar-refractivity contribution in [3.8, 4) is 5.75 Å². The summed E-state index contributed by atoms with van der Waals surface area (Å²) in [6.07, 6.45) is 0.101. The number of ether oxygens (including phenoxy) is 1. The Morgan fingerprint density at radius 1 is 1.50 bits per heavy atom. The highest BCUT2D eigenvalue weighted by Gasteiger charge is 2.33. The van der Waals surface area contributed by atoms with Gasteiger partial charge in [-0.2, -0.15) is 0 Å². The first-order chi connectivity index (χ1) is 9.56. The standard InChI is InChI=1S/C12H12F2N4O2/c1-20-8-3-9(13)12(10(14)4-8)18-6-7(2-11(18)19)5-16-17-15/h3-4,7H,2,5-6H2,1H3. The van der Waals surface area contributed by atoms with Crippen LogP contribution in [0, 0.1) is 17.6 Å². The van der Waals surface area contributed by atoms with Crippen LogP contribution in [0.2, 0.25) is 0 Å². The van der Waals surface area contributed by atoms with Gasteiger partial charge in [-0.15, -0.1) is 0 Å². The highest BCUT2D eigenvalue weighted by molar-refractivity contribution is 5.96. The van der Waals surface area contributed by atoms with Crippen molar-refractivity contribution in [2.75, 3.05) is 25.1 Å². The van der Waals surface area contributed by atoms with Crippen LogP contribution in [0.15, 0.2) is 17.2 Å². The Morgan fingerprint density at radius 3 is 2.70 bits per heavy atom. The molecule has 1 aromatic rings. The average Bonchev–Trinajstić information content (AvgIpc) is 2.76. The molecule has 1 unspecified atom stereocenters. The Balaban J connectivity index is 2.28. The third kappa shape index (κ3) is 2.65. The minimum absolute atomic E-state index is 0.0426. The molecule has 0 N–H and O–H groups in total. The van der Waals surface area contributed by atoms with E-state index in [1.54, 1.807) is 0 Å². The molecule has 6 nitrogen and oxygen atoms in total. The van der Waals surface area contributed by atoms with Crippen molar-refractivity contribution in [2.45, 2.75) is 6.42 Å². The Labute approximate surface area is 113 Å². The second-order valence-corrected chi connectivity index (χ2v) is 4.43. The third-order valence-electron chi connectivity index (χ3n) is 3.10. The van der Waals surface area contributed by atoms with Gasteiger partial charge >= 0.3 is 0 Å². The lowest BCUT2D eigenvalue weighted by Gasteiger charge is -2.18.